The van der Waals surface area contributed by atoms with Gasteiger partial charge in [-0.3, -0.25) is 9.59 Å². The highest BCUT2D eigenvalue weighted by Crippen LogP contribution is 2.27. The molecule has 1 amide bonds. The second-order valence-corrected chi connectivity index (χ2v) is 6.05. The number of nitrogens with zero attached hydrogens (tertiary/aromatic N) is 1. The number of anilines is 1. The fourth-order valence-electron chi connectivity index (χ4n) is 2.42. The predicted molar refractivity (Wildman–Crippen MR) is 83.9 cm³/mol. The number of carbonyl (C=O) groups excluding carboxylic acids is 2. The summed E-state index contributed by atoms with van der Waals surface area (Å²) in [6.45, 7) is 7.90. The molecule has 1 aliphatic heterocycles. The summed E-state index contributed by atoms with van der Waals surface area (Å²) >= 11 is 0. The number of carbonyl (C=O) groups is 2. The van der Waals surface area contributed by atoms with Gasteiger partial charge >= 0.3 is 5.97 Å². The molecule has 1 aromatic rings. The first kappa shape index (κ1) is 16.3. The number of benzene rings is 1. The van der Waals surface area contributed by atoms with Crippen LogP contribution in [0.2, 0.25) is 0 Å². The van der Waals surface area contributed by atoms with Crippen LogP contribution in [0.5, 0.6) is 5.75 Å². The van der Waals surface area contributed by atoms with Gasteiger partial charge in [-0.2, -0.15) is 0 Å². The summed E-state index contributed by atoms with van der Waals surface area (Å²) in [7, 11) is 0. The van der Waals surface area contributed by atoms with Gasteiger partial charge in [0.1, 0.15) is 5.75 Å². The van der Waals surface area contributed by atoms with Crippen molar-refractivity contribution >= 4 is 17.6 Å². The molecule has 0 bridgehead atoms. The minimum absolute atomic E-state index is 0.0526. The molecule has 1 heterocycles. The zero-order valence-corrected chi connectivity index (χ0v) is 13.5. The molecule has 1 aliphatic rings. The first-order chi connectivity index (χ1) is 10.4. The summed E-state index contributed by atoms with van der Waals surface area (Å²) in [6, 6.07) is 7.35. The normalized spacial score (nSPS) is 18.2. The van der Waals surface area contributed by atoms with E-state index in [1.807, 2.05) is 38.1 Å². The number of rotatable bonds is 5. The fraction of sp³-hybridized carbons (Fsp3) is 0.529. The van der Waals surface area contributed by atoms with E-state index in [4.69, 9.17) is 9.47 Å². The third-order valence-corrected chi connectivity index (χ3v) is 3.33. The van der Waals surface area contributed by atoms with Gasteiger partial charge in [0.15, 0.2) is 0 Å². The number of hydrogen-bond acceptors (Lipinski definition) is 4. The predicted octanol–water partition coefficient (Wildman–Crippen LogP) is 2.78. The topological polar surface area (TPSA) is 55.8 Å². The van der Waals surface area contributed by atoms with Crippen LogP contribution in [-0.2, 0) is 14.3 Å². The van der Waals surface area contributed by atoms with Crippen LogP contribution in [0.15, 0.2) is 24.3 Å². The van der Waals surface area contributed by atoms with Crippen molar-refractivity contribution in [1.82, 2.24) is 0 Å². The Morgan fingerprint density at radius 2 is 1.77 bits per heavy atom. The molecular formula is C17H23NO4. The number of esters is 1. The largest absolute Gasteiger partial charge is 0.491 e. The molecule has 120 valence electrons. The Labute approximate surface area is 131 Å². The zero-order chi connectivity index (χ0) is 16.3. The second kappa shape index (κ2) is 6.81. The second-order valence-electron chi connectivity index (χ2n) is 6.05. The Bertz CT molecular complexity index is 536. The summed E-state index contributed by atoms with van der Waals surface area (Å²) in [4.78, 5) is 25.7. The number of ether oxygens (including phenoxy) is 2. The summed E-state index contributed by atoms with van der Waals surface area (Å²) in [6.07, 6.45) is 0.147. The lowest BCUT2D eigenvalue weighted by molar-refractivity contribution is -0.152. The SMILES string of the molecule is CC(C)OC(=O)[C@@H]1CC(=O)N(c2ccc(OC(C)C)cc2)C1. The zero-order valence-electron chi connectivity index (χ0n) is 13.5. The first-order valence-electron chi connectivity index (χ1n) is 7.64. The Hall–Kier alpha value is -2.04. The van der Waals surface area contributed by atoms with E-state index in [0.29, 0.717) is 6.54 Å². The summed E-state index contributed by atoms with van der Waals surface area (Å²) in [5, 5.41) is 0. The van der Waals surface area contributed by atoms with Gasteiger partial charge < -0.3 is 14.4 Å². The maximum atomic E-state index is 12.1. The van der Waals surface area contributed by atoms with E-state index >= 15 is 0 Å². The third-order valence-electron chi connectivity index (χ3n) is 3.33. The van der Waals surface area contributed by atoms with Crippen molar-refractivity contribution in [1.29, 1.82) is 0 Å². The lowest BCUT2D eigenvalue weighted by Crippen LogP contribution is -2.27. The molecule has 0 radical (unpaired) electrons. The molecule has 22 heavy (non-hydrogen) atoms. The highest BCUT2D eigenvalue weighted by Gasteiger charge is 2.36. The molecule has 5 nitrogen and oxygen atoms in total. The van der Waals surface area contributed by atoms with E-state index in [2.05, 4.69) is 0 Å². The van der Waals surface area contributed by atoms with E-state index in [1.54, 1.807) is 18.7 Å². The van der Waals surface area contributed by atoms with Gasteiger partial charge in [-0.05, 0) is 52.0 Å². The maximum Gasteiger partial charge on any atom is 0.311 e. The quantitative estimate of drug-likeness (QED) is 0.785. The molecule has 0 aliphatic carbocycles. The van der Waals surface area contributed by atoms with Crippen LogP contribution in [-0.4, -0.2) is 30.6 Å². The van der Waals surface area contributed by atoms with Gasteiger partial charge in [0.2, 0.25) is 5.91 Å². The van der Waals surface area contributed by atoms with E-state index in [9.17, 15) is 9.59 Å². The van der Waals surface area contributed by atoms with E-state index in [0.717, 1.165) is 11.4 Å². The summed E-state index contributed by atoms with van der Waals surface area (Å²) in [5.74, 6) is 0.0245. The van der Waals surface area contributed by atoms with Crippen molar-refractivity contribution in [3.63, 3.8) is 0 Å². The molecule has 0 spiro atoms. The van der Waals surface area contributed by atoms with Crippen molar-refractivity contribution in [3.8, 4) is 5.75 Å². The van der Waals surface area contributed by atoms with Crippen molar-refractivity contribution in [2.45, 2.75) is 46.3 Å². The van der Waals surface area contributed by atoms with Crippen molar-refractivity contribution in [2.75, 3.05) is 11.4 Å². The fourth-order valence-corrected chi connectivity index (χ4v) is 2.42. The number of amides is 1. The monoisotopic (exact) mass is 305 g/mol. The minimum Gasteiger partial charge on any atom is -0.491 e. The highest BCUT2D eigenvalue weighted by atomic mass is 16.5. The average Bonchev–Trinajstić information content (AvgIpc) is 2.80. The van der Waals surface area contributed by atoms with Crippen LogP contribution >= 0.6 is 0 Å². The molecular weight excluding hydrogens is 282 g/mol. The lowest BCUT2D eigenvalue weighted by Gasteiger charge is -2.18. The molecule has 0 unspecified atom stereocenters. The average molecular weight is 305 g/mol. The van der Waals surface area contributed by atoms with E-state index < -0.39 is 0 Å². The van der Waals surface area contributed by atoms with Crippen LogP contribution < -0.4 is 9.64 Å². The van der Waals surface area contributed by atoms with Crippen molar-refractivity contribution in [2.24, 2.45) is 5.92 Å². The molecule has 5 heteroatoms. The molecule has 0 saturated carbocycles. The Balaban J connectivity index is 2.03. The van der Waals surface area contributed by atoms with Crippen molar-refractivity contribution in [3.05, 3.63) is 24.3 Å². The smallest absolute Gasteiger partial charge is 0.311 e. The Morgan fingerprint density at radius 1 is 1.14 bits per heavy atom. The van der Waals surface area contributed by atoms with Crippen LogP contribution in [0.25, 0.3) is 0 Å². The van der Waals surface area contributed by atoms with Crippen molar-refractivity contribution < 1.29 is 19.1 Å². The lowest BCUT2D eigenvalue weighted by atomic mass is 10.1. The highest BCUT2D eigenvalue weighted by molar-refractivity contribution is 5.99. The van der Waals surface area contributed by atoms with Gasteiger partial charge in [0.25, 0.3) is 0 Å². The Morgan fingerprint density at radius 3 is 2.32 bits per heavy atom. The summed E-state index contributed by atoms with van der Waals surface area (Å²) in [5.41, 5.74) is 0.779. The van der Waals surface area contributed by atoms with Crippen LogP contribution in [0.4, 0.5) is 5.69 Å². The maximum absolute atomic E-state index is 12.1. The van der Waals surface area contributed by atoms with Crippen LogP contribution in [0, 0.1) is 5.92 Å². The van der Waals surface area contributed by atoms with Gasteiger partial charge in [0.05, 0.1) is 18.1 Å². The standard InChI is InChI=1S/C17H23NO4/c1-11(2)21-15-7-5-14(6-8-15)18-10-13(9-16(18)19)17(20)22-12(3)4/h5-8,11-13H,9-10H2,1-4H3/t13-/m1/s1. The van der Waals surface area contributed by atoms with Gasteiger partial charge in [0, 0.05) is 18.7 Å². The van der Waals surface area contributed by atoms with Gasteiger partial charge in [-0.15, -0.1) is 0 Å². The van der Waals surface area contributed by atoms with E-state index in [-0.39, 0.29) is 36.4 Å². The van der Waals surface area contributed by atoms with E-state index in [1.165, 1.54) is 0 Å². The molecule has 1 fully saturated rings. The molecule has 0 N–H and O–H groups in total. The molecule has 1 aromatic carbocycles. The molecule has 1 atom stereocenters. The van der Waals surface area contributed by atoms with Crippen LogP contribution in [0.3, 0.4) is 0 Å². The summed E-state index contributed by atoms with van der Waals surface area (Å²) < 4.78 is 10.8. The van der Waals surface area contributed by atoms with Gasteiger partial charge in [-0.1, -0.05) is 0 Å². The minimum atomic E-state index is -0.388. The first-order valence-corrected chi connectivity index (χ1v) is 7.64. The molecule has 1 saturated heterocycles. The van der Waals surface area contributed by atoms with Crippen LogP contribution in [0.1, 0.15) is 34.1 Å². The number of hydrogen-bond donors (Lipinski definition) is 0. The molecule has 2 rings (SSSR count). The van der Waals surface area contributed by atoms with Gasteiger partial charge in [-0.25, -0.2) is 0 Å². The molecule has 0 aromatic heterocycles. The third kappa shape index (κ3) is 4.00. The Kier molecular flexibility index (Phi) is 5.06.